The second kappa shape index (κ2) is 7.56. The first-order valence-electron chi connectivity index (χ1n) is 8.83. The predicted molar refractivity (Wildman–Crippen MR) is 108 cm³/mol. The Bertz CT molecular complexity index is 930. The maximum Gasteiger partial charge on any atom is 0.224 e. The number of pyridine rings is 1. The smallest absolute Gasteiger partial charge is 0.224 e. The number of hydrogen-bond acceptors (Lipinski definition) is 3. The van der Waals surface area contributed by atoms with Gasteiger partial charge in [0.1, 0.15) is 0 Å². The average Bonchev–Trinajstić information content (AvgIpc) is 2.64. The topological polar surface area (TPSA) is 45.2 Å². The summed E-state index contributed by atoms with van der Waals surface area (Å²) < 4.78 is 0. The van der Waals surface area contributed by atoms with Gasteiger partial charge >= 0.3 is 0 Å². The largest absolute Gasteiger partial charge is 0.378 e. The first-order valence-corrected chi connectivity index (χ1v) is 8.83. The number of carbonyl (C=O) groups excluding carboxylic acids is 1. The maximum atomic E-state index is 12.5. The van der Waals surface area contributed by atoms with Gasteiger partial charge in [0.25, 0.3) is 0 Å². The number of aryl methyl sites for hydroxylation is 2. The molecule has 2 aromatic carbocycles. The minimum atomic E-state index is 0.0185. The molecule has 0 bridgehead atoms. The number of aromatic nitrogens is 1. The molecule has 4 nitrogen and oxygen atoms in total. The van der Waals surface area contributed by atoms with Gasteiger partial charge in [-0.2, -0.15) is 0 Å². The highest BCUT2D eigenvalue weighted by molar-refractivity contribution is 5.86. The molecule has 4 heteroatoms. The van der Waals surface area contributed by atoms with Crippen molar-refractivity contribution in [2.75, 3.05) is 19.0 Å². The van der Waals surface area contributed by atoms with E-state index in [1.807, 2.05) is 51.4 Å². The number of nitrogens with zero attached hydrogens (tertiary/aromatic N) is 2. The van der Waals surface area contributed by atoms with Gasteiger partial charge in [0.2, 0.25) is 5.91 Å². The Morgan fingerprint density at radius 2 is 1.73 bits per heavy atom. The van der Waals surface area contributed by atoms with Gasteiger partial charge in [-0.25, -0.2) is 0 Å². The predicted octanol–water partition coefficient (Wildman–Crippen LogP) is 3.78. The molecule has 0 aliphatic heterocycles. The van der Waals surface area contributed by atoms with Crippen molar-refractivity contribution in [1.82, 2.24) is 10.3 Å². The van der Waals surface area contributed by atoms with Crippen LogP contribution in [0.4, 0.5) is 5.69 Å². The third-order valence-electron chi connectivity index (χ3n) is 4.77. The normalized spacial score (nSPS) is 10.8. The van der Waals surface area contributed by atoms with E-state index in [-0.39, 0.29) is 5.91 Å². The van der Waals surface area contributed by atoms with E-state index in [4.69, 9.17) is 0 Å². The van der Waals surface area contributed by atoms with Crippen molar-refractivity contribution in [1.29, 1.82) is 0 Å². The molecule has 3 rings (SSSR count). The molecule has 1 heterocycles. The van der Waals surface area contributed by atoms with Gasteiger partial charge in [-0.3, -0.25) is 9.78 Å². The Morgan fingerprint density at radius 3 is 2.42 bits per heavy atom. The van der Waals surface area contributed by atoms with Crippen LogP contribution in [0.25, 0.3) is 10.9 Å². The Kier molecular flexibility index (Phi) is 5.21. The zero-order chi connectivity index (χ0) is 18.7. The highest BCUT2D eigenvalue weighted by Crippen LogP contribution is 2.23. The number of hydrogen-bond donors (Lipinski definition) is 1. The van der Waals surface area contributed by atoms with E-state index < -0.39 is 0 Å². The van der Waals surface area contributed by atoms with Crippen molar-refractivity contribution < 1.29 is 4.79 Å². The fourth-order valence-electron chi connectivity index (χ4n) is 3.17. The molecule has 0 atom stereocenters. The summed E-state index contributed by atoms with van der Waals surface area (Å²) in [5.41, 5.74) is 6.30. The third kappa shape index (κ3) is 3.85. The van der Waals surface area contributed by atoms with Crippen molar-refractivity contribution in [2.24, 2.45) is 0 Å². The number of benzene rings is 2. The summed E-state index contributed by atoms with van der Waals surface area (Å²) in [4.78, 5) is 19.2. The molecule has 0 aliphatic carbocycles. The SMILES string of the molecule is Cc1nc2ccccc2c(C)c1CC(=O)NCc1ccc(N(C)C)cc1. The van der Waals surface area contributed by atoms with Gasteiger partial charge in [-0.15, -0.1) is 0 Å². The van der Waals surface area contributed by atoms with E-state index in [0.717, 1.165) is 39.0 Å². The Balaban J connectivity index is 1.69. The fourth-order valence-corrected chi connectivity index (χ4v) is 3.17. The van der Waals surface area contributed by atoms with Crippen molar-refractivity contribution in [3.05, 3.63) is 70.9 Å². The quantitative estimate of drug-likeness (QED) is 0.764. The van der Waals surface area contributed by atoms with Crippen LogP contribution in [0.1, 0.15) is 22.4 Å². The lowest BCUT2D eigenvalue weighted by molar-refractivity contribution is -0.120. The Labute approximate surface area is 154 Å². The highest BCUT2D eigenvalue weighted by atomic mass is 16.1. The molecule has 0 fully saturated rings. The second-order valence-electron chi connectivity index (χ2n) is 6.83. The van der Waals surface area contributed by atoms with Gasteiger partial charge in [-0.05, 0) is 48.7 Å². The second-order valence-corrected chi connectivity index (χ2v) is 6.83. The van der Waals surface area contributed by atoms with Crippen molar-refractivity contribution >= 4 is 22.5 Å². The first kappa shape index (κ1) is 17.9. The molecule has 0 radical (unpaired) electrons. The van der Waals surface area contributed by atoms with Gasteiger partial charge in [-0.1, -0.05) is 30.3 Å². The van der Waals surface area contributed by atoms with Crippen LogP contribution in [0.2, 0.25) is 0 Å². The summed E-state index contributed by atoms with van der Waals surface area (Å²) >= 11 is 0. The molecule has 0 spiro atoms. The van der Waals surface area contributed by atoms with Crippen LogP contribution in [-0.4, -0.2) is 25.0 Å². The monoisotopic (exact) mass is 347 g/mol. The molecule has 3 aromatic rings. The van der Waals surface area contributed by atoms with E-state index in [9.17, 15) is 4.79 Å². The minimum absolute atomic E-state index is 0.0185. The molecule has 0 saturated heterocycles. The van der Waals surface area contributed by atoms with E-state index in [0.29, 0.717) is 13.0 Å². The number of amides is 1. The van der Waals surface area contributed by atoms with Crippen LogP contribution in [-0.2, 0) is 17.8 Å². The molecule has 0 aliphatic rings. The van der Waals surface area contributed by atoms with E-state index in [2.05, 4.69) is 40.3 Å². The maximum absolute atomic E-state index is 12.5. The fraction of sp³-hybridized carbons (Fsp3) is 0.273. The molecule has 0 unspecified atom stereocenters. The zero-order valence-corrected chi connectivity index (χ0v) is 15.8. The number of fused-ring (bicyclic) bond motifs is 1. The van der Waals surface area contributed by atoms with E-state index in [1.54, 1.807) is 0 Å². The first-order chi connectivity index (χ1) is 12.5. The lowest BCUT2D eigenvalue weighted by Gasteiger charge is -2.14. The van der Waals surface area contributed by atoms with Crippen molar-refractivity contribution in [2.45, 2.75) is 26.8 Å². The lowest BCUT2D eigenvalue weighted by atomic mass is 9.99. The molecule has 1 aromatic heterocycles. The molecule has 26 heavy (non-hydrogen) atoms. The number of carbonyl (C=O) groups is 1. The molecule has 134 valence electrons. The summed E-state index contributed by atoms with van der Waals surface area (Å²) in [5, 5.41) is 4.13. The Morgan fingerprint density at radius 1 is 1.04 bits per heavy atom. The number of nitrogens with one attached hydrogen (secondary N) is 1. The third-order valence-corrected chi connectivity index (χ3v) is 4.77. The summed E-state index contributed by atoms with van der Waals surface area (Å²) in [7, 11) is 4.03. The summed E-state index contributed by atoms with van der Waals surface area (Å²) in [6.45, 7) is 4.58. The zero-order valence-electron chi connectivity index (χ0n) is 15.8. The van der Waals surface area contributed by atoms with Crippen LogP contribution in [0.3, 0.4) is 0 Å². The number of rotatable bonds is 5. The summed E-state index contributed by atoms with van der Waals surface area (Å²) in [6.07, 6.45) is 0.352. The minimum Gasteiger partial charge on any atom is -0.378 e. The van der Waals surface area contributed by atoms with Gasteiger partial charge in [0.05, 0.1) is 11.9 Å². The van der Waals surface area contributed by atoms with Crippen LogP contribution >= 0.6 is 0 Å². The van der Waals surface area contributed by atoms with E-state index >= 15 is 0 Å². The lowest BCUT2D eigenvalue weighted by Crippen LogP contribution is -2.25. The van der Waals surface area contributed by atoms with Gasteiger partial charge < -0.3 is 10.2 Å². The van der Waals surface area contributed by atoms with Crippen LogP contribution in [0, 0.1) is 13.8 Å². The molecular weight excluding hydrogens is 322 g/mol. The molecule has 0 saturated carbocycles. The summed E-state index contributed by atoms with van der Waals surface area (Å²) in [5.74, 6) is 0.0185. The van der Waals surface area contributed by atoms with Gasteiger partial charge in [0.15, 0.2) is 0 Å². The van der Waals surface area contributed by atoms with Gasteiger partial charge in [0, 0.05) is 37.4 Å². The average molecular weight is 347 g/mol. The van der Waals surface area contributed by atoms with Crippen LogP contribution < -0.4 is 10.2 Å². The highest BCUT2D eigenvalue weighted by Gasteiger charge is 2.12. The molecule has 1 amide bonds. The molecule has 1 N–H and O–H groups in total. The van der Waals surface area contributed by atoms with Crippen LogP contribution in [0.15, 0.2) is 48.5 Å². The summed E-state index contributed by atoms with van der Waals surface area (Å²) in [6, 6.07) is 16.3. The molecular formula is C22H25N3O. The Hall–Kier alpha value is -2.88. The van der Waals surface area contributed by atoms with Crippen LogP contribution in [0.5, 0.6) is 0 Å². The number of para-hydroxylation sites is 1. The van der Waals surface area contributed by atoms with E-state index in [1.165, 1.54) is 0 Å². The van der Waals surface area contributed by atoms with Crippen molar-refractivity contribution in [3.63, 3.8) is 0 Å². The van der Waals surface area contributed by atoms with Crippen molar-refractivity contribution in [3.8, 4) is 0 Å². The standard InChI is InChI=1S/C22H25N3O/c1-15-19-7-5-6-8-21(19)24-16(2)20(15)13-22(26)23-14-17-9-11-18(12-10-17)25(3)4/h5-12H,13-14H2,1-4H3,(H,23,26). The number of anilines is 1.